The van der Waals surface area contributed by atoms with Crippen molar-refractivity contribution in [3.05, 3.63) is 46.0 Å². The van der Waals surface area contributed by atoms with E-state index in [1.807, 2.05) is 32.4 Å². The molecule has 0 aliphatic carbocycles. The monoisotopic (exact) mass is 501 g/mol. The first-order valence-electron chi connectivity index (χ1n) is 9.51. The van der Waals surface area contributed by atoms with Gasteiger partial charge in [-0.15, -0.1) is 0 Å². The highest BCUT2D eigenvalue weighted by atomic mass is 35.5. The molecule has 2 heterocycles. The first-order valence-corrected chi connectivity index (χ1v) is 12.2. The second-order valence-electron chi connectivity index (χ2n) is 8.45. The number of hydrogen-bond acceptors (Lipinski definition) is 6. The minimum Gasteiger partial charge on any atom is -0.366 e. The zero-order valence-corrected chi connectivity index (χ0v) is 20.3. The fourth-order valence-corrected chi connectivity index (χ4v) is 3.83. The maximum absolute atomic E-state index is 14.8. The number of fused-ring (bicyclic) bond motifs is 1. The van der Waals surface area contributed by atoms with E-state index in [0.717, 1.165) is 6.26 Å². The van der Waals surface area contributed by atoms with Crippen LogP contribution >= 0.6 is 23.2 Å². The van der Waals surface area contributed by atoms with Crippen LogP contribution in [0.25, 0.3) is 16.8 Å². The van der Waals surface area contributed by atoms with Crippen LogP contribution in [0.4, 0.5) is 10.2 Å². The molecule has 0 aliphatic rings. The van der Waals surface area contributed by atoms with E-state index in [4.69, 9.17) is 23.2 Å². The van der Waals surface area contributed by atoms with Crippen molar-refractivity contribution in [3.63, 3.8) is 0 Å². The van der Waals surface area contributed by atoms with Gasteiger partial charge in [0.1, 0.15) is 22.4 Å². The molecule has 0 bridgehead atoms. The van der Waals surface area contributed by atoms with Gasteiger partial charge in [0.2, 0.25) is 10.0 Å². The number of hydrogen-bond donors (Lipinski definition) is 2. The molecule has 2 N–H and O–H groups in total. The summed E-state index contributed by atoms with van der Waals surface area (Å²) in [5, 5.41) is 7.47. The summed E-state index contributed by atoms with van der Waals surface area (Å²) in [6.45, 7) is 7.95. The maximum atomic E-state index is 14.8. The molecule has 2 aromatic heterocycles. The highest BCUT2D eigenvalue weighted by Crippen LogP contribution is 2.41. The molecule has 12 heteroatoms. The van der Waals surface area contributed by atoms with E-state index in [-0.39, 0.29) is 49.8 Å². The lowest BCUT2D eigenvalue weighted by atomic mass is 9.88. The normalized spacial score (nSPS) is 13.2. The third-order valence-corrected chi connectivity index (χ3v) is 6.14. The van der Waals surface area contributed by atoms with E-state index in [2.05, 4.69) is 15.4 Å². The van der Waals surface area contributed by atoms with E-state index in [9.17, 15) is 17.6 Å². The number of carbonyl (C=O) groups is 1. The van der Waals surface area contributed by atoms with Gasteiger partial charge in [-0.25, -0.2) is 22.5 Å². The van der Waals surface area contributed by atoms with Crippen molar-refractivity contribution in [3.8, 4) is 11.1 Å². The standard InChI is InChI=1S/C20H22Cl2FN5O3S/c1-10(20(2,3)4)25-18-15(14-12(21)7-6-8-13(14)23)16(22)26-17-11(9-24-28(17)18)19(29)27-32(5,30)31/h6-10,25H,1-5H3,(H,27,29). The van der Waals surface area contributed by atoms with Gasteiger partial charge >= 0.3 is 0 Å². The second kappa shape index (κ2) is 8.49. The predicted molar refractivity (Wildman–Crippen MR) is 123 cm³/mol. The molecule has 3 rings (SSSR count). The molecule has 0 spiro atoms. The molecule has 172 valence electrons. The fourth-order valence-electron chi connectivity index (χ4n) is 2.86. The Labute approximate surface area is 195 Å². The number of anilines is 1. The van der Waals surface area contributed by atoms with Crippen molar-refractivity contribution in [2.45, 2.75) is 33.7 Å². The summed E-state index contributed by atoms with van der Waals surface area (Å²) in [7, 11) is -3.82. The summed E-state index contributed by atoms with van der Waals surface area (Å²) in [5.74, 6) is -1.28. The molecule has 0 saturated carbocycles. The Kier molecular flexibility index (Phi) is 6.43. The summed E-state index contributed by atoms with van der Waals surface area (Å²) in [4.78, 5) is 16.7. The van der Waals surface area contributed by atoms with E-state index >= 15 is 0 Å². The molecule has 1 aromatic carbocycles. The van der Waals surface area contributed by atoms with Crippen LogP contribution in [0.3, 0.4) is 0 Å². The van der Waals surface area contributed by atoms with Crippen molar-refractivity contribution in [1.29, 1.82) is 0 Å². The van der Waals surface area contributed by atoms with Crippen LogP contribution in [0.2, 0.25) is 10.2 Å². The Hall–Kier alpha value is -2.43. The molecule has 1 amide bonds. The highest BCUT2D eigenvalue weighted by molar-refractivity contribution is 7.89. The third-order valence-electron chi connectivity index (χ3n) is 4.99. The first-order chi connectivity index (χ1) is 14.7. The first kappa shape index (κ1) is 24.2. The van der Waals surface area contributed by atoms with Gasteiger partial charge in [0, 0.05) is 11.6 Å². The van der Waals surface area contributed by atoms with Crippen LogP contribution in [0.1, 0.15) is 38.1 Å². The van der Waals surface area contributed by atoms with Gasteiger partial charge in [-0.1, -0.05) is 50.0 Å². The summed E-state index contributed by atoms with van der Waals surface area (Å²) < 4.78 is 41.0. The lowest BCUT2D eigenvalue weighted by Gasteiger charge is -2.30. The lowest BCUT2D eigenvalue weighted by molar-refractivity contribution is 0.0983. The number of benzene rings is 1. The summed E-state index contributed by atoms with van der Waals surface area (Å²) in [6.07, 6.45) is 2.02. The van der Waals surface area contributed by atoms with E-state index in [1.54, 1.807) is 0 Å². The van der Waals surface area contributed by atoms with Crippen molar-refractivity contribution in [2.24, 2.45) is 5.41 Å². The molecule has 0 aliphatic heterocycles. The molecule has 32 heavy (non-hydrogen) atoms. The number of aromatic nitrogens is 3. The summed E-state index contributed by atoms with van der Waals surface area (Å²) in [5.41, 5.74) is -0.153. The SMILES string of the molecule is CC(Nc1c(-c2c(F)cccc2Cl)c(Cl)nc2c(C(=O)NS(C)(=O)=O)cnn12)C(C)(C)C. The molecular formula is C20H22Cl2FN5O3S. The lowest BCUT2D eigenvalue weighted by Crippen LogP contribution is -2.32. The van der Waals surface area contributed by atoms with Crippen LogP contribution in [0.15, 0.2) is 24.4 Å². The topological polar surface area (TPSA) is 105 Å². The Bertz CT molecular complexity index is 1300. The van der Waals surface area contributed by atoms with Crippen LogP contribution in [-0.2, 0) is 10.0 Å². The number of rotatable bonds is 5. The number of halogens is 3. The number of sulfonamides is 1. The second-order valence-corrected chi connectivity index (χ2v) is 11.0. The number of carbonyl (C=O) groups excluding carboxylic acids is 1. The van der Waals surface area contributed by atoms with E-state index < -0.39 is 21.7 Å². The minimum absolute atomic E-state index is 0.00373. The van der Waals surface area contributed by atoms with Gasteiger partial charge in [0.25, 0.3) is 5.91 Å². The highest BCUT2D eigenvalue weighted by Gasteiger charge is 2.28. The molecule has 8 nitrogen and oxygen atoms in total. The third kappa shape index (κ3) is 4.82. The van der Waals surface area contributed by atoms with Crippen molar-refractivity contribution >= 4 is 50.6 Å². The fraction of sp³-hybridized carbons (Fsp3) is 0.350. The van der Waals surface area contributed by atoms with Gasteiger partial charge in [-0.05, 0) is 24.5 Å². The average Bonchev–Trinajstić information content (AvgIpc) is 3.04. The smallest absolute Gasteiger partial charge is 0.270 e. The van der Waals surface area contributed by atoms with Gasteiger partial charge in [-0.2, -0.15) is 9.61 Å². The van der Waals surface area contributed by atoms with Gasteiger partial charge in [0.05, 0.1) is 23.0 Å². The Morgan fingerprint density at radius 1 is 1.22 bits per heavy atom. The Morgan fingerprint density at radius 3 is 2.44 bits per heavy atom. The van der Waals surface area contributed by atoms with Crippen molar-refractivity contribution in [1.82, 2.24) is 19.3 Å². The van der Waals surface area contributed by atoms with Crippen molar-refractivity contribution in [2.75, 3.05) is 11.6 Å². The van der Waals surface area contributed by atoms with Crippen LogP contribution in [-0.4, -0.2) is 41.2 Å². The molecular weight excluding hydrogens is 480 g/mol. The van der Waals surface area contributed by atoms with Crippen molar-refractivity contribution < 1.29 is 17.6 Å². The van der Waals surface area contributed by atoms with Crippen LogP contribution in [0.5, 0.6) is 0 Å². The predicted octanol–water partition coefficient (Wildman–Crippen LogP) is 4.38. The molecule has 1 atom stereocenters. The quantitative estimate of drug-likeness (QED) is 0.502. The Balaban J connectivity index is 2.33. The maximum Gasteiger partial charge on any atom is 0.270 e. The summed E-state index contributed by atoms with van der Waals surface area (Å²) in [6, 6.07) is 4.07. The average molecular weight is 502 g/mol. The largest absolute Gasteiger partial charge is 0.366 e. The zero-order chi connectivity index (χ0) is 24.0. The van der Waals surface area contributed by atoms with Gasteiger partial charge in [0.15, 0.2) is 5.65 Å². The van der Waals surface area contributed by atoms with Gasteiger partial charge < -0.3 is 5.32 Å². The Morgan fingerprint density at radius 2 is 1.88 bits per heavy atom. The molecule has 0 saturated heterocycles. The van der Waals surface area contributed by atoms with Crippen LogP contribution < -0.4 is 10.0 Å². The molecule has 0 fully saturated rings. The molecule has 0 radical (unpaired) electrons. The molecule has 1 unspecified atom stereocenters. The van der Waals surface area contributed by atoms with Crippen LogP contribution in [0, 0.1) is 11.2 Å². The minimum atomic E-state index is -3.82. The molecule has 3 aromatic rings. The summed E-state index contributed by atoms with van der Waals surface area (Å²) >= 11 is 12.8. The number of amides is 1. The number of nitrogens with zero attached hydrogens (tertiary/aromatic N) is 3. The van der Waals surface area contributed by atoms with Gasteiger partial charge in [-0.3, -0.25) is 4.79 Å². The zero-order valence-electron chi connectivity index (χ0n) is 18.0. The number of nitrogens with one attached hydrogen (secondary N) is 2. The van der Waals surface area contributed by atoms with E-state index in [1.165, 1.54) is 28.9 Å². The van der Waals surface area contributed by atoms with E-state index in [0.29, 0.717) is 0 Å².